The topological polar surface area (TPSA) is 97.5 Å². The molecule has 11 heteroatoms. The molecule has 1 aliphatic rings. The molecule has 0 aliphatic heterocycles. The van der Waals surface area contributed by atoms with Gasteiger partial charge >= 0.3 is 166 Å². The summed E-state index contributed by atoms with van der Waals surface area (Å²) in [6, 6.07) is 5.83. The van der Waals surface area contributed by atoms with Crippen LogP contribution >= 0.6 is 47.7 Å². The van der Waals surface area contributed by atoms with E-state index in [9.17, 15) is 9.90 Å². The zero-order valence-electron chi connectivity index (χ0n) is 17.3. The van der Waals surface area contributed by atoms with Crippen LogP contribution in [-0.2, 0) is 10.6 Å². The maximum Gasteiger partial charge on any atom is -0.466 e. The first kappa shape index (κ1) is 24.1. The Hall–Kier alpha value is -1.04. The summed E-state index contributed by atoms with van der Waals surface area (Å²) >= 11 is 3.56. The Bertz CT molecular complexity index is 1180. The second kappa shape index (κ2) is 10.9. The molecule has 1 aliphatic carbocycles. The number of ketones is 1. The van der Waals surface area contributed by atoms with Crippen molar-refractivity contribution in [2.24, 2.45) is 5.92 Å². The van der Waals surface area contributed by atoms with E-state index >= 15 is 0 Å². The summed E-state index contributed by atoms with van der Waals surface area (Å²) in [5.74, 6) is 2.17. The van der Waals surface area contributed by atoms with E-state index in [1.165, 1.54) is 17.7 Å². The minimum Gasteiger partial charge on any atom is -0.466 e. The van der Waals surface area contributed by atoms with Gasteiger partial charge in [-0.1, -0.05) is 0 Å². The molecule has 1 saturated carbocycles. The van der Waals surface area contributed by atoms with Gasteiger partial charge in [0.05, 0.1) is 0 Å². The number of aromatic nitrogens is 2. The van der Waals surface area contributed by atoms with Gasteiger partial charge in [0.1, 0.15) is 11.5 Å². The number of anilines is 1. The van der Waals surface area contributed by atoms with Gasteiger partial charge in [0.25, 0.3) is 0 Å². The molecule has 1 fully saturated rings. The number of rotatable bonds is 8. The van der Waals surface area contributed by atoms with Crippen LogP contribution in [0.3, 0.4) is 0 Å². The van der Waals surface area contributed by atoms with E-state index in [0.29, 0.717) is 22.7 Å². The van der Waals surface area contributed by atoms with E-state index in [1.807, 2.05) is 30.5 Å². The van der Waals surface area contributed by atoms with Crippen LogP contribution in [0.1, 0.15) is 45.2 Å². The summed E-state index contributed by atoms with van der Waals surface area (Å²) in [5, 5.41) is 15.1. The summed E-state index contributed by atoms with van der Waals surface area (Å²) in [4.78, 5) is 22.3. The van der Waals surface area contributed by atoms with Crippen molar-refractivity contribution in [1.82, 2.24) is 9.97 Å². The van der Waals surface area contributed by atoms with Crippen LogP contribution in [0.2, 0.25) is 0 Å². The molecular weight excluding hydrogens is 580 g/mol. The molecule has 0 bridgehead atoms. The van der Waals surface area contributed by atoms with E-state index in [1.54, 1.807) is 6.20 Å². The van der Waals surface area contributed by atoms with Crippen LogP contribution in [0, 0.1) is 12.8 Å². The van der Waals surface area contributed by atoms with Gasteiger partial charge in [-0.2, -0.15) is 0 Å². The van der Waals surface area contributed by atoms with Crippen LogP contribution in [0.25, 0.3) is 0 Å². The predicted octanol–water partition coefficient (Wildman–Crippen LogP) is 5.42. The van der Waals surface area contributed by atoms with Crippen molar-refractivity contribution >= 4 is 59.3 Å². The summed E-state index contributed by atoms with van der Waals surface area (Å²) in [6.07, 6.45) is 5.02. The predicted molar refractivity (Wildman–Crippen MR) is 138 cm³/mol. The third-order valence-electron chi connectivity index (χ3n) is 5.44. The van der Waals surface area contributed by atoms with Gasteiger partial charge in [-0.3, -0.25) is 0 Å². The van der Waals surface area contributed by atoms with E-state index in [0.717, 1.165) is 29.9 Å². The number of thiol groups is 1. The van der Waals surface area contributed by atoms with Crippen molar-refractivity contribution in [3.8, 4) is 0 Å². The van der Waals surface area contributed by atoms with Crippen LogP contribution in [0.4, 0.5) is 5.82 Å². The minimum atomic E-state index is -0.844. The number of aliphatic hydroxyl groups excluding tert-OH is 1. The summed E-state index contributed by atoms with van der Waals surface area (Å²) in [6.45, 7) is 1.97. The summed E-state index contributed by atoms with van der Waals surface area (Å²) < 4.78 is 11.5. The molecule has 7 nitrogen and oxygen atoms in total. The molecule has 0 aromatic carbocycles. The number of aryl methyl sites for hydroxylation is 1. The normalized spacial score (nSPS) is 21.5. The molecule has 0 amide bonds. The summed E-state index contributed by atoms with van der Waals surface area (Å²) in [7, 11) is 3.51. The van der Waals surface area contributed by atoms with Gasteiger partial charge in [0, 0.05) is 6.42 Å². The third kappa shape index (κ3) is 5.90. The van der Waals surface area contributed by atoms with Crippen molar-refractivity contribution in [2.75, 3.05) is 11.9 Å². The van der Waals surface area contributed by atoms with Crippen molar-refractivity contribution in [3.05, 3.63) is 63.6 Å². The molecule has 3 aromatic rings. The maximum atomic E-state index is 13.2. The van der Waals surface area contributed by atoms with Gasteiger partial charge in [-0.15, -0.1) is 0 Å². The van der Waals surface area contributed by atoms with Crippen LogP contribution in [-0.4, -0.2) is 39.6 Å². The van der Waals surface area contributed by atoms with E-state index < -0.39 is 7.32 Å². The molecule has 0 saturated heterocycles. The molecule has 4 rings (SSSR count). The van der Waals surface area contributed by atoms with Gasteiger partial charge < -0.3 is 4.42 Å². The first-order valence-corrected chi connectivity index (χ1v) is 16.2. The van der Waals surface area contributed by atoms with Crippen molar-refractivity contribution in [2.45, 2.75) is 38.3 Å². The Labute approximate surface area is 206 Å². The number of hydrogen-bond acceptors (Lipinski definition) is 8. The number of thiophene rings is 1. The molecule has 170 valence electrons. The van der Waals surface area contributed by atoms with Crippen molar-refractivity contribution in [3.63, 3.8) is 0 Å². The van der Waals surface area contributed by atoms with Gasteiger partial charge in [-0.05, 0) is 19.1 Å². The molecule has 2 N–H and O–H groups in total. The minimum absolute atomic E-state index is 0.0329. The van der Waals surface area contributed by atoms with Gasteiger partial charge in [0.15, 0.2) is 0 Å². The SMILES string of the molecule is Cc1ccc(Cc2csc(C(=O)c3cncnc3N[C@@H]3C[C@H](CO)[C@@H](O[SH](#P)I)C3)c2)o1. The average molecular weight is 603 g/mol. The van der Waals surface area contributed by atoms with Crippen molar-refractivity contribution < 1.29 is 18.5 Å². The fraction of sp³-hybridized carbons (Fsp3) is 0.381. The Morgan fingerprint density at radius 2 is 2.31 bits per heavy atom. The molecule has 3 heterocycles. The van der Waals surface area contributed by atoms with Crippen LogP contribution in [0.5, 0.6) is 0 Å². The number of hydrogen-bond donors (Lipinski definition) is 3. The molecule has 4 atom stereocenters. The Morgan fingerprint density at radius 3 is 3.03 bits per heavy atom. The molecule has 0 radical (unpaired) electrons. The largest absolute Gasteiger partial charge is 0.466 e. The standard InChI is InChI=1S/C21H23IN3O4PS2/c1-12-2-3-16(28-12)4-13-5-19(31-10-13)20(27)17-8-23-11-24-21(17)25-15-6-14(9-26)18(7-15)29-32(22)30/h2-3,5,8,10-11,14-15,18,26,32H,4,6-7,9H2,1H3,(H,23,24,25)/t14-,15-,18+/m1/s1. The molecule has 3 aromatic heterocycles. The first-order valence-electron chi connectivity index (χ1n) is 10.1. The summed E-state index contributed by atoms with van der Waals surface area (Å²) in [5.41, 5.74) is 1.47. The van der Waals surface area contributed by atoms with Crippen LogP contribution < -0.4 is 5.32 Å². The van der Waals surface area contributed by atoms with E-state index in [4.69, 9.17) is 8.60 Å². The van der Waals surface area contributed by atoms with Gasteiger partial charge in [0.2, 0.25) is 0 Å². The molecule has 32 heavy (non-hydrogen) atoms. The van der Waals surface area contributed by atoms with Gasteiger partial charge in [-0.25, -0.2) is 0 Å². The smallest absolute Gasteiger partial charge is 0.466 e. The average Bonchev–Trinajstić information content (AvgIpc) is 3.48. The second-order valence-electron chi connectivity index (χ2n) is 7.75. The number of aliphatic hydroxyl groups is 1. The maximum absolute atomic E-state index is 13.2. The number of nitrogens with zero attached hydrogens (tertiary/aromatic N) is 2. The number of furan rings is 1. The zero-order chi connectivity index (χ0) is 22.7. The Kier molecular flexibility index (Phi) is 8.23. The molecule has 0 spiro atoms. The third-order valence-corrected chi connectivity index (χ3v) is 7.82. The van der Waals surface area contributed by atoms with E-state index in [-0.39, 0.29) is 30.5 Å². The number of halogens is 1. The van der Waals surface area contributed by atoms with E-state index in [2.05, 4.69) is 44.3 Å². The number of carbonyl (C=O) groups is 1. The fourth-order valence-electron chi connectivity index (χ4n) is 3.94. The quantitative estimate of drug-likeness (QED) is 0.137. The monoisotopic (exact) mass is 603 g/mol. The molecule has 1 unspecified atom stereocenters. The fourth-order valence-corrected chi connectivity index (χ4v) is 6.53. The number of carbonyl (C=O) groups excluding carboxylic acids is 1. The Balaban J connectivity index is 1.48. The molecular formula is C21H23IN3O4PS2. The number of nitrogens with one attached hydrogen (secondary N) is 1. The van der Waals surface area contributed by atoms with Crippen molar-refractivity contribution in [1.29, 1.82) is 0 Å². The zero-order valence-corrected chi connectivity index (χ0v) is 22.0. The van der Waals surface area contributed by atoms with Crippen LogP contribution in [0.15, 0.2) is 40.5 Å². The first-order chi connectivity index (χ1) is 15.4. The Morgan fingerprint density at radius 1 is 1.47 bits per heavy atom. The second-order valence-corrected chi connectivity index (χ2v) is 15.3.